The van der Waals surface area contributed by atoms with Crippen molar-refractivity contribution in [2.75, 3.05) is 6.54 Å². The summed E-state index contributed by atoms with van der Waals surface area (Å²) in [6, 6.07) is 3.02. The van der Waals surface area contributed by atoms with Crippen LogP contribution in [-0.4, -0.2) is 11.5 Å². The van der Waals surface area contributed by atoms with Crippen molar-refractivity contribution in [2.45, 2.75) is 19.9 Å². The van der Waals surface area contributed by atoms with Gasteiger partial charge in [-0.25, -0.2) is 8.78 Å². The molecule has 0 aliphatic rings. The standard InChI is InChI=1S/C13H14F2N2O2/c1-2-5-16-7-10-8-18-13(17-10)19-12-4-3-9(14)6-11(12)15/h3-4,6,8,16H,2,5,7H2,1H3. The first-order valence-electron chi connectivity index (χ1n) is 5.97. The van der Waals surface area contributed by atoms with Gasteiger partial charge in [0, 0.05) is 12.6 Å². The third kappa shape index (κ3) is 3.75. The third-order valence-corrected chi connectivity index (χ3v) is 2.35. The Kier molecular flexibility index (Phi) is 4.46. The molecule has 1 heterocycles. The third-order valence-electron chi connectivity index (χ3n) is 2.35. The molecule has 0 fully saturated rings. The fraction of sp³-hybridized carbons (Fsp3) is 0.308. The van der Waals surface area contributed by atoms with Crippen LogP contribution >= 0.6 is 0 Å². The molecule has 0 unspecified atom stereocenters. The first-order chi connectivity index (χ1) is 9.19. The Morgan fingerprint density at radius 3 is 2.95 bits per heavy atom. The largest absolute Gasteiger partial charge is 0.417 e. The van der Waals surface area contributed by atoms with Gasteiger partial charge >= 0.3 is 6.08 Å². The fourth-order valence-corrected chi connectivity index (χ4v) is 1.46. The van der Waals surface area contributed by atoms with Crippen LogP contribution in [0.15, 0.2) is 28.9 Å². The van der Waals surface area contributed by atoms with Gasteiger partial charge in [0.25, 0.3) is 0 Å². The molecule has 0 bridgehead atoms. The maximum atomic E-state index is 13.3. The number of oxazole rings is 1. The molecule has 4 nitrogen and oxygen atoms in total. The van der Waals surface area contributed by atoms with Gasteiger partial charge in [0.1, 0.15) is 12.1 Å². The lowest BCUT2D eigenvalue weighted by Gasteiger charge is -2.01. The van der Waals surface area contributed by atoms with Gasteiger partial charge in [0.15, 0.2) is 11.6 Å². The second kappa shape index (κ2) is 6.29. The van der Waals surface area contributed by atoms with Gasteiger partial charge in [-0.2, -0.15) is 4.98 Å². The van der Waals surface area contributed by atoms with E-state index in [2.05, 4.69) is 17.2 Å². The van der Waals surface area contributed by atoms with Crippen LogP contribution < -0.4 is 10.1 Å². The number of aromatic nitrogens is 1. The molecule has 1 aromatic heterocycles. The SMILES string of the molecule is CCCNCc1coc(Oc2ccc(F)cc2F)n1. The van der Waals surface area contributed by atoms with E-state index >= 15 is 0 Å². The number of hydrogen-bond donors (Lipinski definition) is 1. The Morgan fingerprint density at radius 1 is 1.37 bits per heavy atom. The van der Waals surface area contributed by atoms with Crippen molar-refractivity contribution in [3.05, 3.63) is 41.8 Å². The number of halogens is 2. The van der Waals surface area contributed by atoms with Crippen LogP contribution in [0.1, 0.15) is 19.0 Å². The molecular formula is C13H14F2N2O2. The first-order valence-corrected chi connectivity index (χ1v) is 5.97. The summed E-state index contributed by atoms with van der Waals surface area (Å²) < 4.78 is 36.2. The van der Waals surface area contributed by atoms with Crippen molar-refractivity contribution < 1.29 is 17.9 Å². The van der Waals surface area contributed by atoms with Gasteiger partial charge in [-0.3, -0.25) is 0 Å². The van der Waals surface area contributed by atoms with Crippen molar-refractivity contribution in [2.24, 2.45) is 0 Å². The zero-order valence-corrected chi connectivity index (χ0v) is 10.5. The molecule has 0 saturated carbocycles. The molecule has 2 rings (SSSR count). The van der Waals surface area contributed by atoms with Gasteiger partial charge in [-0.1, -0.05) is 6.92 Å². The summed E-state index contributed by atoms with van der Waals surface area (Å²) in [5.74, 6) is -1.60. The lowest BCUT2D eigenvalue weighted by atomic mass is 10.3. The molecule has 0 aliphatic carbocycles. The van der Waals surface area contributed by atoms with Gasteiger partial charge in [-0.15, -0.1) is 0 Å². The van der Waals surface area contributed by atoms with E-state index in [0.29, 0.717) is 12.2 Å². The maximum absolute atomic E-state index is 13.3. The highest BCUT2D eigenvalue weighted by molar-refractivity contribution is 5.26. The molecule has 102 valence electrons. The van der Waals surface area contributed by atoms with Gasteiger partial charge in [-0.05, 0) is 25.1 Å². The molecule has 0 saturated heterocycles. The lowest BCUT2D eigenvalue weighted by molar-refractivity contribution is 0.317. The van der Waals surface area contributed by atoms with Crippen molar-refractivity contribution in [1.82, 2.24) is 10.3 Å². The van der Waals surface area contributed by atoms with E-state index in [-0.39, 0.29) is 11.8 Å². The van der Waals surface area contributed by atoms with Crippen LogP contribution in [0, 0.1) is 11.6 Å². The summed E-state index contributed by atoms with van der Waals surface area (Å²) in [5, 5.41) is 3.15. The molecule has 1 N–H and O–H groups in total. The summed E-state index contributed by atoms with van der Waals surface area (Å²) in [5.41, 5.74) is 0.658. The van der Waals surface area contributed by atoms with Crippen molar-refractivity contribution >= 4 is 0 Å². The molecule has 0 atom stereocenters. The molecule has 0 aliphatic heterocycles. The second-order valence-electron chi connectivity index (χ2n) is 3.96. The predicted octanol–water partition coefficient (Wildman–Crippen LogP) is 3.24. The number of nitrogens with zero attached hydrogens (tertiary/aromatic N) is 1. The average Bonchev–Trinajstić information content (AvgIpc) is 2.81. The van der Waals surface area contributed by atoms with Crippen molar-refractivity contribution in [3.63, 3.8) is 0 Å². The summed E-state index contributed by atoms with van der Waals surface area (Å²) in [6.45, 7) is 3.48. The van der Waals surface area contributed by atoms with Crippen LogP contribution in [0.25, 0.3) is 0 Å². The highest BCUT2D eigenvalue weighted by atomic mass is 19.1. The maximum Gasteiger partial charge on any atom is 0.399 e. The minimum atomic E-state index is -0.802. The van der Waals surface area contributed by atoms with E-state index in [0.717, 1.165) is 25.1 Å². The number of hydrogen-bond acceptors (Lipinski definition) is 4. The average molecular weight is 268 g/mol. The summed E-state index contributed by atoms with van der Waals surface area (Å²) in [6.07, 6.45) is 2.38. The van der Waals surface area contributed by atoms with Crippen LogP contribution in [-0.2, 0) is 6.54 Å². The van der Waals surface area contributed by atoms with Crippen LogP contribution in [0.4, 0.5) is 8.78 Å². The second-order valence-corrected chi connectivity index (χ2v) is 3.96. The Balaban J connectivity index is 1.99. The van der Waals surface area contributed by atoms with E-state index in [1.54, 1.807) is 0 Å². The molecule has 0 radical (unpaired) electrons. The van der Waals surface area contributed by atoms with Gasteiger partial charge < -0.3 is 14.5 Å². The Morgan fingerprint density at radius 2 is 2.21 bits per heavy atom. The summed E-state index contributed by atoms with van der Waals surface area (Å²) in [4.78, 5) is 4.03. The Bertz CT molecular complexity index is 543. The zero-order valence-electron chi connectivity index (χ0n) is 10.5. The van der Waals surface area contributed by atoms with Crippen LogP contribution in [0.2, 0.25) is 0 Å². The van der Waals surface area contributed by atoms with E-state index in [1.807, 2.05) is 0 Å². The number of rotatable bonds is 6. The van der Waals surface area contributed by atoms with E-state index in [1.165, 1.54) is 12.3 Å². The van der Waals surface area contributed by atoms with Crippen molar-refractivity contribution in [1.29, 1.82) is 0 Å². The number of benzene rings is 1. The smallest absolute Gasteiger partial charge is 0.399 e. The Hall–Kier alpha value is -1.95. The van der Waals surface area contributed by atoms with Gasteiger partial charge in [0.05, 0.1) is 5.69 Å². The van der Waals surface area contributed by atoms with Crippen LogP contribution in [0.3, 0.4) is 0 Å². The van der Waals surface area contributed by atoms with Gasteiger partial charge in [0.2, 0.25) is 0 Å². The minimum Gasteiger partial charge on any atom is -0.417 e. The highest BCUT2D eigenvalue weighted by Gasteiger charge is 2.10. The molecular weight excluding hydrogens is 254 g/mol. The molecule has 6 heteroatoms. The summed E-state index contributed by atoms with van der Waals surface area (Å²) >= 11 is 0. The fourth-order valence-electron chi connectivity index (χ4n) is 1.46. The number of nitrogens with one attached hydrogen (secondary N) is 1. The Labute approximate surface area is 109 Å². The first kappa shape index (κ1) is 13.5. The molecule has 0 amide bonds. The highest BCUT2D eigenvalue weighted by Crippen LogP contribution is 2.24. The summed E-state index contributed by atoms with van der Waals surface area (Å²) in [7, 11) is 0. The van der Waals surface area contributed by atoms with E-state index in [4.69, 9.17) is 9.15 Å². The predicted molar refractivity (Wildman–Crippen MR) is 64.9 cm³/mol. The van der Waals surface area contributed by atoms with E-state index in [9.17, 15) is 8.78 Å². The minimum absolute atomic E-state index is 0.0705. The lowest BCUT2D eigenvalue weighted by Crippen LogP contribution is -2.13. The van der Waals surface area contributed by atoms with Crippen molar-refractivity contribution in [3.8, 4) is 11.8 Å². The molecule has 1 aromatic carbocycles. The van der Waals surface area contributed by atoms with Crippen LogP contribution in [0.5, 0.6) is 11.8 Å². The molecule has 19 heavy (non-hydrogen) atoms. The monoisotopic (exact) mass is 268 g/mol. The molecule has 2 aromatic rings. The topological polar surface area (TPSA) is 47.3 Å². The number of ether oxygens (including phenoxy) is 1. The quantitative estimate of drug-likeness (QED) is 0.817. The zero-order chi connectivity index (χ0) is 13.7. The van der Waals surface area contributed by atoms with E-state index < -0.39 is 11.6 Å². The molecule has 0 spiro atoms. The normalized spacial score (nSPS) is 10.7.